The van der Waals surface area contributed by atoms with Crippen LogP contribution in [-0.2, 0) is 17.6 Å². The Morgan fingerprint density at radius 1 is 0.579 bits per heavy atom. The quantitative estimate of drug-likeness (QED) is 0.153. The van der Waals surface area contributed by atoms with Crippen LogP contribution in [0, 0.1) is 0 Å². The highest BCUT2D eigenvalue weighted by molar-refractivity contribution is 9.10. The average molecular weight is 718 g/mol. The molecule has 0 aliphatic heterocycles. The van der Waals surface area contributed by atoms with E-state index in [-0.39, 0.29) is 5.78 Å². The average Bonchev–Trinajstić information content (AvgIpc) is 2.89. The van der Waals surface area contributed by atoms with E-state index in [0.717, 1.165) is 11.1 Å². The van der Waals surface area contributed by atoms with Crippen molar-refractivity contribution in [3.63, 3.8) is 0 Å². The fourth-order valence-corrected chi connectivity index (χ4v) is 6.01. The van der Waals surface area contributed by atoms with Gasteiger partial charge in [0, 0.05) is 20.1 Å². The largest absolute Gasteiger partial charge is 0.457 e. The van der Waals surface area contributed by atoms with Crippen molar-refractivity contribution in [2.45, 2.75) is 22.5 Å². The van der Waals surface area contributed by atoms with E-state index in [2.05, 4.69) is 31.9 Å². The molecule has 0 fully saturated rings. The van der Waals surface area contributed by atoms with Crippen LogP contribution < -0.4 is 9.47 Å². The summed E-state index contributed by atoms with van der Waals surface area (Å²) in [6.45, 7) is 0. The lowest BCUT2D eigenvalue weighted by atomic mass is 10.0. The molecule has 196 valence electrons. The van der Waals surface area contributed by atoms with E-state index < -0.39 is 9.65 Å². The van der Waals surface area contributed by atoms with Crippen molar-refractivity contribution in [2.75, 3.05) is 0 Å². The molecule has 0 saturated carbocycles. The summed E-state index contributed by atoms with van der Waals surface area (Å²) in [5.41, 5.74) is 1.65. The van der Waals surface area contributed by atoms with Crippen molar-refractivity contribution in [2.24, 2.45) is 0 Å². The molecule has 2 unspecified atom stereocenters. The van der Waals surface area contributed by atoms with E-state index in [4.69, 9.17) is 55.9 Å². The SMILES string of the molecule is O=C(C(Br)Cc1ccc(Oc2ccc(Cl)cc2)cc1Cl)C(Br)Cc1ccc(Oc2ccc(Cl)cc2)cc1Cl. The zero-order valence-electron chi connectivity index (χ0n) is 19.6. The Morgan fingerprint density at radius 3 is 1.26 bits per heavy atom. The molecular formula is C29H20Br2Cl4O3. The van der Waals surface area contributed by atoms with E-state index in [0.29, 0.717) is 55.9 Å². The Labute approximate surface area is 258 Å². The van der Waals surface area contributed by atoms with Crippen molar-refractivity contribution < 1.29 is 14.3 Å². The van der Waals surface area contributed by atoms with Gasteiger partial charge < -0.3 is 9.47 Å². The predicted molar refractivity (Wildman–Crippen MR) is 164 cm³/mol. The first-order valence-electron chi connectivity index (χ1n) is 11.4. The number of carbonyl (C=O) groups excluding carboxylic acids is 1. The van der Waals surface area contributed by atoms with Gasteiger partial charge in [-0.2, -0.15) is 0 Å². The maximum Gasteiger partial charge on any atom is 0.160 e. The van der Waals surface area contributed by atoms with Crippen LogP contribution in [0.4, 0.5) is 0 Å². The van der Waals surface area contributed by atoms with E-state index in [1.165, 1.54) is 0 Å². The Balaban J connectivity index is 1.34. The van der Waals surface area contributed by atoms with Crippen LogP contribution in [0.25, 0.3) is 0 Å². The van der Waals surface area contributed by atoms with Crippen LogP contribution in [0.3, 0.4) is 0 Å². The third kappa shape index (κ3) is 8.14. The lowest BCUT2D eigenvalue weighted by Gasteiger charge is -2.16. The van der Waals surface area contributed by atoms with Gasteiger partial charge in [-0.25, -0.2) is 0 Å². The summed E-state index contributed by atoms with van der Waals surface area (Å²) in [6, 6.07) is 24.9. The first-order valence-corrected chi connectivity index (χ1v) is 14.8. The van der Waals surface area contributed by atoms with E-state index in [1.54, 1.807) is 60.7 Å². The molecule has 9 heteroatoms. The minimum Gasteiger partial charge on any atom is -0.457 e. The number of hydrogen-bond donors (Lipinski definition) is 0. The molecule has 0 bridgehead atoms. The Morgan fingerprint density at radius 2 is 0.921 bits per heavy atom. The third-order valence-electron chi connectivity index (χ3n) is 5.56. The summed E-state index contributed by atoms with van der Waals surface area (Å²) in [6.07, 6.45) is 0.838. The molecule has 2 atom stereocenters. The first-order chi connectivity index (χ1) is 18.2. The van der Waals surface area contributed by atoms with E-state index >= 15 is 0 Å². The van der Waals surface area contributed by atoms with Crippen LogP contribution in [0.5, 0.6) is 23.0 Å². The number of Topliss-reactive ketones (excluding diaryl/α,β-unsaturated/α-hetero) is 1. The second-order valence-electron chi connectivity index (χ2n) is 8.36. The Kier molecular flexibility index (Phi) is 10.4. The standard InChI is InChI=1S/C29H20Br2Cl4O3/c30-25(13-17-1-7-23(15-27(17)34)37-21-9-3-19(32)4-10-21)29(36)26(31)14-18-2-8-24(16-28(18)35)38-22-11-5-20(33)6-12-22/h1-12,15-16,25-26H,13-14H2. The highest BCUT2D eigenvalue weighted by Gasteiger charge is 2.25. The van der Waals surface area contributed by atoms with Crippen LogP contribution in [-0.4, -0.2) is 15.4 Å². The summed E-state index contributed by atoms with van der Waals surface area (Å²) < 4.78 is 11.7. The molecule has 0 radical (unpaired) electrons. The lowest BCUT2D eigenvalue weighted by molar-refractivity contribution is -0.117. The van der Waals surface area contributed by atoms with Crippen LogP contribution in [0.1, 0.15) is 11.1 Å². The second kappa shape index (κ2) is 13.6. The molecule has 0 N–H and O–H groups in total. The number of hydrogen-bond acceptors (Lipinski definition) is 3. The van der Waals surface area contributed by atoms with Crippen LogP contribution >= 0.6 is 78.3 Å². The smallest absolute Gasteiger partial charge is 0.160 e. The molecular weight excluding hydrogens is 698 g/mol. The van der Waals surface area contributed by atoms with Gasteiger partial charge in [-0.1, -0.05) is 90.4 Å². The number of rotatable bonds is 10. The number of ether oxygens (including phenoxy) is 2. The fourth-order valence-electron chi connectivity index (χ4n) is 3.58. The Bertz CT molecular complexity index is 1310. The summed E-state index contributed by atoms with van der Waals surface area (Å²) in [5, 5.41) is 2.29. The topological polar surface area (TPSA) is 35.5 Å². The van der Waals surface area contributed by atoms with Crippen molar-refractivity contribution in [3.8, 4) is 23.0 Å². The normalized spacial score (nSPS) is 12.6. The third-order valence-corrected chi connectivity index (χ3v) is 8.32. The second-order valence-corrected chi connectivity index (χ2v) is 12.3. The highest BCUT2D eigenvalue weighted by Crippen LogP contribution is 2.32. The van der Waals surface area contributed by atoms with Crippen molar-refractivity contribution in [1.29, 1.82) is 0 Å². The van der Waals surface area contributed by atoms with Gasteiger partial charge in [-0.15, -0.1) is 0 Å². The van der Waals surface area contributed by atoms with Crippen molar-refractivity contribution >= 4 is 84.0 Å². The molecule has 4 aromatic rings. The van der Waals surface area contributed by atoms with Gasteiger partial charge in [0.05, 0.1) is 9.65 Å². The molecule has 0 amide bonds. The van der Waals surface area contributed by atoms with Gasteiger partial charge in [0.1, 0.15) is 23.0 Å². The number of benzene rings is 4. The monoisotopic (exact) mass is 714 g/mol. The lowest BCUT2D eigenvalue weighted by Crippen LogP contribution is -2.27. The molecule has 38 heavy (non-hydrogen) atoms. The predicted octanol–water partition coefficient (Wildman–Crippen LogP) is 10.8. The molecule has 4 aromatic carbocycles. The van der Waals surface area contributed by atoms with Gasteiger partial charge in [-0.3, -0.25) is 4.79 Å². The highest BCUT2D eigenvalue weighted by atomic mass is 79.9. The van der Waals surface area contributed by atoms with E-state index in [1.807, 2.05) is 24.3 Å². The summed E-state index contributed by atoms with van der Waals surface area (Å²) >= 11 is 31.9. The minimum absolute atomic E-state index is 0.0138. The molecule has 0 aromatic heterocycles. The molecule has 0 aliphatic rings. The van der Waals surface area contributed by atoms with Crippen LogP contribution in [0.15, 0.2) is 84.9 Å². The zero-order valence-corrected chi connectivity index (χ0v) is 25.8. The molecule has 3 nitrogen and oxygen atoms in total. The van der Waals surface area contributed by atoms with Crippen LogP contribution in [0.2, 0.25) is 20.1 Å². The van der Waals surface area contributed by atoms with E-state index in [9.17, 15) is 4.79 Å². The fraction of sp³-hybridized carbons (Fsp3) is 0.138. The van der Waals surface area contributed by atoms with Gasteiger partial charge in [0.2, 0.25) is 0 Å². The van der Waals surface area contributed by atoms with Gasteiger partial charge in [0.15, 0.2) is 5.78 Å². The first kappa shape index (κ1) is 29.3. The van der Waals surface area contributed by atoms with Gasteiger partial charge >= 0.3 is 0 Å². The number of carbonyl (C=O) groups is 1. The maximum absolute atomic E-state index is 13.1. The van der Waals surface area contributed by atoms with Gasteiger partial charge in [-0.05, 0) is 96.8 Å². The maximum atomic E-state index is 13.1. The number of ketones is 1. The molecule has 4 rings (SSSR count). The van der Waals surface area contributed by atoms with Crippen molar-refractivity contribution in [3.05, 3.63) is 116 Å². The molecule has 0 saturated heterocycles. The Hall–Kier alpha value is -1.73. The summed E-state index contributed by atoms with van der Waals surface area (Å²) in [5.74, 6) is 2.47. The minimum atomic E-state index is -0.446. The summed E-state index contributed by atoms with van der Waals surface area (Å²) in [7, 11) is 0. The summed E-state index contributed by atoms with van der Waals surface area (Å²) in [4.78, 5) is 12.2. The molecule has 0 aliphatic carbocycles. The molecule has 0 spiro atoms. The molecule has 0 heterocycles. The zero-order chi connectivity index (χ0) is 27.2. The van der Waals surface area contributed by atoms with Gasteiger partial charge in [0.25, 0.3) is 0 Å². The number of alkyl halides is 2. The van der Waals surface area contributed by atoms with Crippen molar-refractivity contribution in [1.82, 2.24) is 0 Å². The number of halogens is 6.